The van der Waals surface area contributed by atoms with Crippen LogP contribution in [0, 0.1) is 0 Å². The van der Waals surface area contributed by atoms with Crippen LogP contribution in [0.3, 0.4) is 0 Å². The number of esters is 1. The summed E-state index contributed by atoms with van der Waals surface area (Å²) in [5, 5.41) is 4.02. The standard InChI is InChI=1S/C20H16N6O3/c27-17(29-16-9-21-15-6-2-1-5-14(15)16)10-26-12-25-18-19(23-11-24-20(18)26)22-8-13-4-3-7-28-13/h1-7,9,11-12,21H,8,10H2,(H,22,23,24). The molecule has 0 aliphatic heterocycles. The zero-order valence-electron chi connectivity index (χ0n) is 15.2. The number of fused-ring (bicyclic) bond motifs is 2. The normalized spacial score (nSPS) is 11.2. The average molecular weight is 388 g/mol. The maximum atomic E-state index is 12.5. The fourth-order valence-corrected chi connectivity index (χ4v) is 3.13. The molecule has 5 aromatic rings. The zero-order valence-corrected chi connectivity index (χ0v) is 15.2. The van der Waals surface area contributed by atoms with Gasteiger partial charge in [-0.2, -0.15) is 0 Å². The summed E-state index contributed by atoms with van der Waals surface area (Å²) in [4.78, 5) is 28.4. The minimum atomic E-state index is -0.419. The zero-order chi connectivity index (χ0) is 19.6. The van der Waals surface area contributed by atoms with Gasteiger partial charge in [0.1, 0.15) is 24.1 Å². The molecule has 9 nitrogen and oxygen atoms in total. The number of ether oxygens (including phenoxy) is 1. The highest BCUT2D eigenvalue weighted by Gasteiger charge is 2.15. The number of furan rings is 1. The summed E-state index contributed by atoms with van der Waals surface area (Å²) in [6.07, 6.45) is 6.26. The van der Waals surface area contributed by atoms with E-state index in [0.29, 0.717) is 29.3 Å². The van der Waals surface area contributed by atoms with Gasteiger partial charge >= 0.3 is 5.97 Å². The van der Waals surface area contributed by atoms with Crippen molar-refractivity contribution in [2.75, 3.05) is 5.32 Å². The van der Waals surface area contributed by atoms with E-state index in [9.17, 15) is 4.79 Å². The third kappa shape index (κ3) is 3.29. The number of hydrogen-bond donors (Lipinski definition) is 2. The molecule has 144 valence electrons. The fourth-order valence-electron chi connectivity index (χ4n) is 3.13. The Bertz CT molecular complexity index is 1290. The van der Waals surface area contributed by atoms with Crippen LogP contribution < -0.4 is 10.1 Å². The number of aromatic amines is 1. The van der Waals surface area contributed by atoms with Crippen molar-refractivity contribution in [2.24, 2.45) is 0 Å². The Balaban J connectivity index is 1.34. The van der Waals surface area contributed by atoms with Crippen molar-refractivity contribution in [3.63, 3.8) is 0 Å². The minimum absolute atomic E-state index is 0.0232. The van der Waals surface area contributed by atoms with Crippen LogP contribution in [0.5, 0.6) is 5.75 Å². The quantitative estimate of drug-likeness (QED) is 0.430. The molecule has 4 heterocycles. The number of aromatic nitrogens is 5. The summed E-state index contributed by atoms with van der Waals surface area (Å²) in [5.74, 6) is 1.41. The van der Waals surface area contributed by atoms with Crippen molar-refractivity contribution >= 4 is 33.9 Å². The molecule has 0 fully saturated rings. The summed E-state index contributed by atoms with van der Waals surface area (Å²) in [5.41, 5.74) is 2.01. The number of carbonyl (C=O) groups excluding carboxylic acids is 1. The summed E-state index contributed by atoms with van der Waals surface area (Å²) in [6.45, 7) is 0.444. The van der Waals surface area contributed by atoms with E-state index in [4.69, 9.17) is 9.15 Å². The molecule has 0 bridgehead atoms. The van der Waals surface area contributed by atoms with E-state index in [-0.39, 0.29) is 6.54 Å². The number of benzene rings is 1. The summed E-state index contributed by atoms with van der Waals surface area (Å²) in [7, 11) is 0. The first-order valence-electron chi connectivity index (χ1n) is 8.97. The molecule has 1 aromatic carbocycles. The topological polar surface area (TPSA) is 111 Å². The van der Waals surface area contributed by atoms with Gasteiger partial charge < -0.3 is 24.0 Å². The summed E-state index contributed by atoms with van der Waals surface area (Å²) >= 11 is 0. The van der Waals surface area contributed by atoms with Gasteiger partial charge in [0.2, 0.25) is 0 Å². The van der Waals surface area contributed by atoms with Gasteiger partial charge in [0.25, 0.3) is 0 Å². The highest BCUT2D eigenvalue weighted by molar-refractivity contribution is 5.89. The van der Waals surface area contributed by atoms with E-state index in [2.05, 4.69) is 25.3 Å². The van der Waals surface area contributed by atoms with Crippen LogP contribution in [0.4, 0.5) is 5.82 Å². The number of hydrogen-bond acceptors (Lipinski definition) is 7. The summed E-state index contributed by atoms with van der Waals surface area (Å²) < 4.78 is 12.5. The first-order valence-corrected chi connectivity index (χ1v) is 8.97. The molecule has 0 aliphatic carbocycles. The number of H-pyrrole nitrogens is 1. The molecular formula is C20H16N6O3. The third-order valence-corrected chi connectivity index (χ3v) is 4.49. The van der Waals surface area contributed by atoms with E-state index >= 15 is 0 Å². The summed E-state index contributed by atoms with van der Waals surface area (Å²) in [6, 6.07) is 11.3. The second-order valence-electron chi connectivity index (χ2n) is 6.37. The minimum Gasteiger partial charge on any atom is -0.467 e. The molecule has 0 saturated heterocycles. The van der Waals surface area contributed by atoms with Crippen molar-refractivity contribution < 1.29 is 13.9 Å². The Labute approximate surface area is 164 Å². The van der Waals surface area contributed by atoms with E-state index in [0.717, 1.165) is 16.7 Å². The number of nitrogens with one attached hydrogen (secondary N) is 2. The molecular weight excluding hydrogens is 372 g/mol. The van der Waals surface area contributed by atoms with Gasteiger partial charge in [-0.1, -0.05) is 12.1 Å². The van der Waals surface area contributed by atoms with Gasteiger partial charge in [0.05, 0.1) is 19.1 Å². The lowest BCUT2D eigenvalue weighted by Crippen LogP contribution is -2.16. The Kier molecular flexibility index (Phi) is 4.17. The number of rotatable bonds is 6. The molecule has 0 unspecified atom stereocenters. The maximum absolute atomic E-state index is 12.5. The Morgan fingerprint density at radius 3 is 3.00 bits per heavy atom. The Hall–Kier alpha value is -4.14. The monoisotopic (exact) mass is 388 g/mol. The van der Waals surface area contributed by atoms with Crippen LogP contribution in [0.15, 0.2) is 65.9 Å². The van der Waals surface area contributed by atoms with Crippen molar-refractivity contribution in [1.82, 2.24) is 24.5 Å². The first-order chi connectivity index (χ1) is 14.3. The highest BCUT2D eigenvalue weighted by Crippen LogP contribution is 2.25. The largest absolute Gasteiger partial charge is 0.467 e. The van der Waals surface area contributed by atoms with Crippen molar-refractivity contribution in [3.05, 3.63) is 67.3 Å². The van der Waals surface area contributed by atoms with Crippen molar-refractivity contribution in [2.45, 2.75) is 13.1 Å². The molecule has 0 spiro atoms. The lowest BCUT2D eigenvalue weighted by Gasteiger charge is -2.06. The number of carbonyl (C=O) groups is 1. The molecule has 9 heteroatoms. The number of nitrogens with zero attached hydrogens (tertiary/aromatic N) is 4. The van der Waals surface area contributed by atoms with E-state index in [1.807, 2.05) is 36.4 Å². The molecule has 4 aromatic heterocycles. The molecule has 2 N–H and O–H groups in total. The lowest BCUT2D eigenvalue weighted by molar-refractivity contribution is -0.134. The molecule has 0 amide bonds. The van der Waals surface area contributed by atoms with Gasteiger partial charge in [-0.25, -0.2) is 19.7 Å². The Morgan fingerprint density at radius 1 is 1.17 bits per heavy atom. The molecule has 5 rings (SSSR count). The van der Waals surface area contributed by atoms with Crippen LogP contribution in [0.2, 0.25) is 0 Å². The SMILES string of the molecule is O=C(Cn1cnc2c(NCc3ccco3)ncnc21)Oc1c[nH]c2ccccc12. The maximum Gasteiger partial charge on any atom is 0.331 e. The number of anilines is 1. The predicted molar refractivity (Wildman–Crippen MR) is 105 cm³/mol. The van der Waals surface area contributed by atoms with Crippen LogP contribution in [-0.4, -0.2) is 30.5 Å². The first kappa shape index (κ1) is 17.0. The van der Waals surface area contributed by atoms with Gasteiger partial charge in [0.15, 0.2) is 17.2 Å². The van der Waals surface area contributed by atoms with E-state index < -0.39 is 5.97 Å². The highest BCUT2D eigenvalue weighted by atomic mass is 16.5. The molecule has 0 aliphatic rings. The van der Waals surface area contributed by atoms with Gasteiger partial charge in [0, 0.05) is 17.1 Å². The van der Waals surface area contributed by atoms with E-state index in [1.165, 1.54) is 6.33 Å². The van der Waals surface area contributed by atoms with E-state index in [1.54, 1.807) is 23.4 Å². The molecule has 0 atom stereocenters. The second kappa shape index (κ2) is 7.12. The number of imidazole rings is 1. The fraction of sp³-hybridized carbons (Fsp3) is 0.100. The van der Waals surface area contributed by atoms with Crippen LogP contribution in [-0.2, 0) is 17.9 Å². The van der Waals surface area contributed by atoms with Crippen LogP contribution in [0.1, 0.15) is 5.76 Å². The molecule has 0 saturated carbocycles. The van der Waals surface area contributed by atoms with Crippen LogP contribution >= 0.6 is 0 Å². The van der Waals surface area contributed by atoms with Crippen molar-refractivity contribution in [3.8, 4) is 5.75 Å². The smallest absolute Gasteiger partial charge is 0.331 e. The number of para-hydroxylation sites is 1. The Morgan fingerprint density at radius 2 is 2.10 bits per heavy atom. The molecule has 29 heavy (non-hydrogen) atoms. The third-order valence-electron chi connectivity index (χ3n) is 4.49. The van der Waals surface area contributed by atoms with Gasteiger partial charge in [-0.15, -0.1) is 0 Å². The average Bonchev–Trinajstić information content (AvgIpc) is 3.48. The van der Waals surface area contributed by atoms with Crippen LogP contribution in [0.25, 0.3) is 22.1 Å². The lowest BCUT2D eigenvalue weighted by atomic mass is 10.2. The van der Waals surface area contributed by atoms with Gasteiger partial charge in [-0.3, -0.25) is 0 Å². The molecule has 0 radical (unpaired) electrons. The van der Waals surface area contributed by atoms with Gasteiger partial charge in [-0.05, 0) is 24.3 Å². The van der Waals surface area contributed by atoms with Crippen molar-refractivity contribution in [1.29, 1.82) is 0 Å². The predicted octanol–water partition coefficient (Wildman–Crippen LogP) is 3.12. The second-order valence-corrected chi connectivity index (χ2v) is 6.37.